The van der Waals surface area contributed by atoms with Crippen LogP contribution in [0, 0.1) is 0 Å². The van der Waals surface area contributed by atoms with Crippen LogP contribution < -0.4 is 11.1 Å². The Balaban J connectivity index is 2.34. The third-order valence-corrected chi connectivity index (χ3v) is 3.41. The second kappa shape index (κ2) is 6.91. The lowest BCUT2D eigenvalue weighted by atomic mass is 9.99. The molecule has 6 heteroatoms. The van der Waals surface area contributed by atoms with E-state index in [1.807, 2.05) is 32.0 Å². The minimum Gasteiger partial charge on any atom is -0.402 e. The quantitative estimate of drug-likeness (QED) is 0.829. The van der Waals surface area contributed by atoms with E-state index in [1.165, 1.54) is 13.1 Å². The maximum Gasteiger partial charge on any atom is 0.222 e. The summed E-state index contributed by atoms with van der Waals surface area (Å²) in [7, 11) is 0. The number of benzene rings is 1. The Morgan fingerprint density at radius 3 is 2.78 bits per heavy atom. The van der Waals surface area contributed by atoms with Crippen molar-refractivity contribution in [1.29, 1.82) is 0 Å². The maximum atomic E-state index is 11.1. The summed E-state index contributed by atoms with van der Waals surface area (Å²) in [6.45, 7) is 8.78. The first-order valence-electron chi connectivity index (χ1n) is 7.19. The Morgan fingerprint density at radius 1 is 1.43 bits per heavy atom. The fourth-order valence-corrected chi connectivity index (χ4v) is 2.32. The van der Waals surface area contributed by atoms with Gasteiger partial charge in [0, 0.05) is 31.0 Å². The highest BCUT2D eigenvalue weighted by Gasteiger charge is 2.12. The number of nitrogens with zero attached hydrogens (tertiary/aromatic N) is 2. The van der Waals surface area contributed by atoms with E-state index in [1.54, 1.807) is 0 Å². The van der Waals surface area contributed by atoms with E-state index in [2.05, 4.69) is 22.0 Å². The molecule has 0 saturated heterocycles. The van der Waals surface area contributed by atoms with Crippen LogP contribution in [0.25, 0.3) is 11.0 Å². The SMILES string of the molecule is C=CN=C(C)/C(Cc1ccc2c(NC(C)=O)noc2c1)=C(\C)N. The second-order valence-corrected chi connectivity index (χ2v) is 5.28. The van der Waals surface area contributed by atoms with E-state index in [-0.39, 0.29) is 5.91 Å². The molecule has 120 valence electrons. The zero-order valence-electron chi connectivity index (χ0n) is 13.5. The van der Waals surface area contributed by atoms with Crippen molar-refractivity contribution in [2.75, 3.05) is 5.32 Å². The Hall–Kier alpha value is -2.89. The van der Waals surface area contributed by atoms with Gasteiger partial charge in [-0.15, -0.1) is 0 Å². The van der Waals surface area contributed by atoms with Crippen LogP contribution in [0.4, 0.5) is 5.82 Å². The number of hydrogen-bond acceptors (Lipinski definition) is 5. The number of amides is 1. The van der Waals surface area contributed by atoms with Gasteiger partial charge in [0.1, 0.15) is 0 Å². The van der Waals surface area contributed by atoms with Gasteiger partial charge in [0.25, 0.3) is 0 Å². The minimum absolute atomic E-state index is 0.190. The van der Waals surface area contributed by atoms with Crippen LogP contribution in [0.15, 0.2) is 51.8 Å². The Kier molecular flexibility index (Phi) is 4.95. The molecule has 6 nitrogen and oxygen atoms in total. The molecule has 2 aromatic rings. The van der Waals surface area contributed by atoms with E-state index < -0.39 is 0 Å². The first-order valence-corrected chi connectivity index (χ1v) is 7.19. The van der Waals surface area contributed by atoms with E-state index in [9.17, 15) is 4.79 Å². The molecular formula is C17H20N4O2. The highest BCUT2D eigenvalue weighted by atomic mass is 16.5. The number of nitrogens with two attached hydrogens (primary N) is 1. The standard InChI is InChI=1S/C17H20N4O2/c1-5-19-11(3)15(10(2)18)8-13-6-7-14-16(9-13)23-21-17(14)20-12(4)22/h5-7,9H,1,8,18H2,2-4H3,(H,20,21,22)/b15-10+,19-11?. The molecule has 1 aromatic carbocycles. The van der Waals surface area contributed by atoms with Gasteiger partial charge in [0.05, 0.1) is 5.39 Å². The molecule has 1 aromatic heterocycles. The summed E-state index contributed by atoms with van der Waals surface area (Å²) in [4.78, 5) is 15.3. The summed E-state index contributed by atoms with van der Waals surface area (Å²) >= 11 is 0. The monoisotopic (exact) mass is 312 g/mol. The van der Waals surface area contributed by atoms with Gasteiger partial charge in [-0.05, 0) is 37.1 Å². The zero-order valence-corrected chi connectivity index (χ0v) is 13.5. The number of nitrogens with one attached hydrogen (secondary N) is 1. The van der Waals surface area contributed by atoms with Crippen LogP contribution in [-0.4, -0.2) is 16.8 Å². The Morgan fingerprint density at radius 2 is 2.17 bits per heavy atom. The number of rotatable bonds is 5. The van der Waals surface area contributed by atoms with Crippen molar-refractivity contribution in [3.05, 3.63) is 47.8 Å². The maximum absolute atomic E-state index is 11.1. The van der Waals surface area contributed by atoms with Crippen molar-refractivity contribution in [1.82, 2.24) is 5.16 Å². The molecule has 0 aliphatic heterocycles. The number of hydrogen-bond donors (Lipinski definition) is 2. The Bertz CT molecular complexity index is 811. The fourth-order valence-electron chi connectivity index (χ4n) is 2.32. The number of allylic oxidation sites excluding steroid dienone is 2. The number of anilines is 1. The summed E-state index contributed by atoms with van der Waals surface area (Å²) in [5.41, 5.74) is 10.1. The average Bonchev–Trinajstić information content (AvgIpc) is 2.86. The summed E-state index contributed by atoms with van der Waals surface area (Å²) in [5.74, 6) is 0.235. The number of aromatic nitrogens is 1. The normalized spacial score (nSPS) is 12.9. The predicted molar refractivity (Wildman–Crippen MR) is 92.2 cm³/mol. The molecule has 0 atom stereocenters. The highest BCUT2D eigenvalue weighted by molar-refractivity contribution is 6.00. The predicted octanol–water partition coefficient (Wildman–Crippen LogP) is 3.17. The van der Waals surface area contributed by atoms with Gasteiger partial charge in [0.2, 0.25) is 5.91 Å². The third kappa shape index (κ3) is 3.85. The van der Waals surface area contributed by atoms with Gasteiger partial charge in [-0.1, -0.05) is 17.8 Å². The van der Waals surface area contributed by atoms with Gasteiger partial charge in [-0.25, -0.2) is 0 Å². The molecule has 0 fully saturated rings. The molecule has 1 amide bonds. The number of carbonyl (C=O) groups excluding carboxylic acids is 1. The van der Waals surface area contributed by atoms with Gasteiger partial charge in [-0.3, -0.25) is 9.79 Å². The van der Waals surface area contributed by atoms with Crippen molar-refractivity contribution in [2.45, 2.75) is 27.2 Å². The largest absolute Gasteiger partial charge is 0.402 e. The minimum atomic E-state index is -0.190. The van der Waals surface area contributed by atoms with Crippen LogP contribution in [0.5, 0.6) is 0 Å². The number of carbonyl (C=O) groups is 1. The topological polar surface area (TPSA) is 93.5 Å². The molecule has 0 spiro atoms. The molecule has 23 heavy (non-hydrogen) atoms. The van der Waals surface area contributed by atoms with Crippen molar-refractivity contribution in [3.8, 4) is 0 Å². The first kappa shape index (κ1) is 16.5. The summed E-state index contributed by atoms with van der Waals surface area (Å²) in [5, 5.41) is 7.27. The molecular weight excluding hydrogens is 292 g/mol. The van der Waals surface area contributed by atoms with E-state index >= 15 is 0 Å². The molecule has 1 heterocycles. The summed E-state index contributed by atoms with van der Waals surface area (Å²) in [6, 6.07) is 5.71. The highest BCUT2D eigenvalue weighted by Crippen LogP contribution is 2.25. The fraction of sp³-hybridized carbons (Fsp3) is 0.235. The number of aliphatic imine (C=N–C) groups is 1. The summed E-state index contributed by atoms with van der Waals surface area (Å²) < 4.78 is 5.28. The average molecular weight is 312 g/mol. The lowest BCUT2D eigenvalue weighted by molar-refractivity contribution is -0.114. The van der Waals surface area contributed by atoms with Crippen LogP contribution in [0.3, 0.4) is 0 Å². The van der Waals surface area contributed by atoms with Crippen molar-refractivity contribution in [2.24, 2.45) is 10.7 Å². The van der Waals surface area contributed by atoms with Crippen LogP contribution in [0.2, 0.25) is 0 Å². The summed E-state index contributed by atoms with van der Waals surface area (Å²) in [6.07, 6.45) is 2.12. The van der Waals surface area contributed by atoms with Gasteiger partial charge in [0.15, 0.2) is 11.4 Å². The van der Waals surface area contributed by atoms with Crippen LogP contribution in [-0.2, 0) is 11.2 Å². The molecule has 2 rings (SSSR count). The van der Waals surface area contributed by atoms with Crippen molar-refractivity contribution in [3.63, 3.8) is 0 Å². The van der Waals surface area contributed by atoms with Gasteiger partial charge in [-0.2, -0.15) is 0 Å². The molecule has 0 aliphatic carbocycles. The zero-order chi connectivity index (χ0) is 17.0. The lowest BCUT2D eigenvalue weighted by Crippen LogP contribution is -2.09. The van der Waals surface area contributed by atoms with E-state index in [0.717, 1.165) is 22.2 Å². The smallest absolute Gasteiger partial charge is 0.222 e. The molecule has 0 bridgehead atoms. The van der Waals surface area contributed by atoms with Crippen molar-refractivity contribution < 1.29 is 9.32 Å². The van der Waals surface area contributed by atoms with Crippen LogP contribution >= 0.6 is 0 Å². The van der Waals surface area contributed by atoms with E-state index in [0.29, 0.717) is 23.5 Å². The molecule has 0 radical (unpaired) electrons. The van der Waals surface area contributed by atoms with E-state index in [4.69, 9.17) is 10.3 Å². The molecule has 0 aliphatic rings. The third-order valence-electron chi connectivity index (χ3n) is 3.41. The molecule has 0 saturated carbocycles. The molecule has 0 unspecified atom stereocenters. The molecule has 3 N–H and O–H groups in total. The lowest BCUT2D eigenvalue weighted by Gasteiger charge is -2.09. The van der Waals surface area contributed by atoms with Crippen molar-refractivity contribution >= 4 is 28.4 Å². The van der Waals surface area contributed by atoms with Gasteiger partial charge >= 0.3 is 0 Å². The first-order chi connectivity index (χ1) is 10.9. The number of fused-ring (bicyclic) bond motifs is 1. The van der Waals surface area contributed by atoms with Crippen LogP contribution in [0.1, 0.15) is 26.3 Å². The Labute approximate surface area is 134 Å². The van der Waals surface area contributed by atoms with Gasteiger partial charge < -0.3 is 15.6 Å². The second-order valence-electron chi connectivity index (χ2n) is 5.28.